The van der Waals surface area contributed by atoms with Gasteiger partial charge < -0.3 is 5.11 Å². The summed E-state index contributed by atoms with van der Waals surface area (Å²) in [7, 11) is 1.74. The third-order valence-corrected chi connectivity index (χ3v) is 2.55. The Morgan fingerprint density at radius 1 is 1.19 bits per heavy atom. The van der Waals surface area contributed by atoms with Crippen LogP contribution in [0, 0.1) is 13.8 Å². The maximum atomic E-state index is 9.92. The zero-order valence-corrected chi connectivity index (χ0v) is 10.6. The molecule has 16 heavy (non-hydrogen) atoms. The summed E-state index contributed by atoms with van der Waals surface area (Å²) in [4.78, 5) is 4.21. The molecule has 0 amide bonds. The number of hydrogen-bond acceptors (Lipinski definition) is 2. The van der Waals surface area contributed by atoms with Crippen molar-refractivity contribution in [1.29, 1.82) is 0 Å². The summed E-state index contributed by atoms with van der Waals surface area (Å²) in [5.74, 6) is 0.293. The van der Waals surface area contributed by atoms with E-state index in [1.54, 1.807) is 13.1 Å². The number of allylic oxidation sites excluding steroid dienone is 2. The second-order valence-corrected chi connectivity index (χ2v) is 4.28. The van der Waals surface area contributed by atoms with Crippen LogP contribution in [0.3, 0.4) is 0 Å². The van der Waals surface area contributed by atoms with Gasteiger partial charge in [-0.1, -0.05) is 5.57 Å². The minimum absolute atomic E-state index is 0.293. The van der Waals surface area contributed by atoms with Crippen LogP contribution in [0.15, 0.2) is 28.8 Å². The Kier molecular flexibility index (Phi) is 3.88. The minimum atomic E-state index is 0.293. The van der Waals surface area contributed by atoms with Gasteiger partial charge in [0, 0.05) is 12.6 Å². The van der Waals surface area contributed by atoms with Crippen molar-refractivity contribution in [3.8, 4) is 5.75 Å². The van der Waals surface area contributed by atoms with Crippen LogP contribution in [0.25, 0.3) is 0 Å². The van der Waals surface area contributed by atoms with Crippen molar-refractivity contribution in [3.05, 3.63) is 40.5 Å². The minimum Gasteiger partial charge on any atom is -0.507 e. The third kappa shape index (κ3) is 2.72. The number of rotatable bonds is 2. The van der Waals surface area contributed by atoms with Crippen molar-refractivity contribution in [2.24, 2.45) is 4.99 Å². The smallest absolute Gasteiger partial charge is 0.125 e. The van der Waals surface area contributed by atoms with Gasteiger partial charge in [-0.25, -0.2) is 0 Å². The summed E-state index contributed by atoms with van der Waals surface area (Å²) in [6.45, 7) is 8.06. The van der Waals surface area contributed by atoms with E-state index in [9.17, 15) is 5.11 Å². The standard InChI is InChI=1S/C14H19NO/c1-9(2)6-13(15-5)12-7-10(3)11(4)8-14(12)16/h6-8,16H,1-5H3. The summed E-state index contributed by atoms with van der Waals surface area (Å²) < 4.78 is 0. The molecular formula is C14H19NO. The molecule has 0 saturated carbocycles. The predicted octanol–water partition coefficient (Wildman–Crippen LogP) is 3.39. The first-order valence-corrected chi connectivity index (χ1v) is 5.38. The fourth-order valence-corrected chi connectivity index (χ4v) is 1.54. The Balaban J connectivity index is 3.32. The molecule has 0 atom stereocenters. The number of phenols is 1. The Morgan fingerprint density at radius 2 is 1.75 bits per heavy atom. The van der Waals surface area contributed by atoms with Gasteiger partial charge in [0.15, 0.2) is 0 Å². The van der Waals surface area contributed by atoms with E-state index in [1.807, 2.05) is 39.8 Å². The molecular weight excluding hydrogens is 198 g/mol. The number of phenolic OH excluding ortho intramolecular Hbond substituents is 1. The summed E-state index contributed by atoms with van der Waals surface area (Å²) in [6.07, 6.45) is 1.98. The topological polar surface area (TPSA) is 32.6 Å². The molecule has 0 saturated heterocycles. The molecule has 0 aliphatic carbocycles. The first-order valence-electron chi connectivity index (χ1n) is 5.38. The van der Waals surface area contributed by atoms with Gasteiger partial charge in [-0.15, -0.1) is 0 Å². The highest BCUT2D eigenvalue weighted by atomic mass is 16.3. The molecule has 0 fully saturated rings. The van der Waals surface area contributed by atoms with Crippen molar-refractivity contribution in [2.75, 3.05) is 7.05 Å². The molecule has 0 unspecified atom stereocenters. The number of aliphatic imine (C=N–C) groups is 1. The van der Waals surface area contributed by atoms with Crippen LogP contribution in [-0.2, 0) is 0 Å². The second kappa shape index (κ2) is 4.97. The summed E-state index contributed by atoms with van der Waals surface area (Å²) in [5, 5.41) is 9.92. The van der Waals surface area contributed by atoms with Gasteiger partial charge in [-0.05, 0) is 57.0 Å². The van der Waals surface area contributed by atoms with Crippen LogP contribution < -0.4 is 0 Å². The number of aromatic hydroxyl groups is 1. The Bertz CT molecular complexity index is 452. The van der Waals surface area contributed by atoms with E-state index in [0.717, 1.165) is 22.4 Å². The van der Waals surface area contributed by atoms with E-state index < -0.39 is 0 Å². The lowest BCUT2D eigenvalue weighted by molar-refractivity contribution is 0.473. The number of nitrogens with zero attached hydrogens (tertiary/aromatic N) is 1. The molecule has 1 aromatic carbocycles. The maximum Gasteiger partial charge on any atom is 0.125 e. The molecule has 0 bridgehead atoms. The summed E-state index contributed by atoms with van der Waals surface area (Å²) in [6, 6.07) is 3.76. The van der Waals surface area contributed by atoms with Gasteiger partial charge in [0.05, 0.1) is 5.71 Å². The maximum absolute atomic E-state index is 9.92. The van der Waals surface area contributed by atoms with Gasteiger partial charge in [-0.2, -0.15) is 0 Å². The average Bonchev–Trinajstić information content (AvgIpc) is 2.20. The quantitative estimate of drug-likeness (QED) is 0.757. The monoisotopic (exact) mass is 217 g/mol. The van der Waals surface area contributed by atoms with Crippen LogP contribution in [0.1, 0.15) is 30.5 Å². The molecule has 0 heterocycles. The molecule has 1 N–H and O–H groups in total. The van der Waals surface area contributed by atoms with Crippen molar-refractivity contribution < 1.29 is 5.11 Å². The molecule has 2 heteroatoms. The van der Waals surface area contributed by atoms with E-state index in [0.29, 0.717) is 5.75 Å². The molecule has 1 aromatic rings. The normalized spacial score (nSPS) is 11.4. The van der Waals surface area contributed by atoms with E-state index in [-0.39, 0.29) is 0 Å². The van der Waals surface area contributed by atoms with Crippen molar-refractivity contribution >= 4 is 5.71 Å². The van der Waals surface area contributed by atoms with Crippen LogP contribution >= 0.6 is 0 Å². The van der Waals surface area contributed by atoms with Crippen molar-refractivity contribution in [1.82, 2.24) is 0 Å². The van der Waals surface area contributed by atoms with Crippen LogP contribution in [0.5, 0.6) is 5.75 Å². The lowest BCUT2D eigenvalue weighted by Crippen LogP contribution is -1.99. The van der Waals surface area contributed by atoms with Gasteiger partial charge in [0.2, 0.25) is 0 Å². The lowest BCUT2D eigenvalue weighted by atomic mass is 10.0. The number of hydrogen-bond donors (Lipinski definition) is 1. The fraction of sp³-hybridized carbons (Fsp3) is 0.357. The fourth-order valence-electron chi connectivity index (χ4n) is 1.54. The Labute approximate surface area is 97.4 Å². The van der Waals surface area contributed by atoms with Crippen molar-refractivity contribution in [2.45, 2.75) is 27.7 Å². The highest BCUT2D eigenvalue weighted by Gasteiger charge is 2.08. The van der Waals surface area contributed by atoms with Gasteiger partial charge in [0.25, 0.3) is 0 Å². The van der Waals surface area contributed by atoms with E-state index in [4.69, 9.17) is 0 Å². The Hall–Kier alpha value is -1.57. The lowest BCUT2D eigenvalue weighted by Gasteiger charge is -2.08. The molecule has 2 nitrogen and oxygen atoms in total. The molecule has 0 aromatic heterocycles. The highest BCUT2D eigenvalue weighted by molar-refractivity contribution is 6.10. The second-order valence-electron chi connectivity index (χ2n) is 4.28. The largest absolute Gasteiger partial charge is 0.507 e. The SMILES string of the molecule is CN=C(C=C(C)C)c1cc(C)c(C)cc1O. The van der Waals surface area contributed by atoms with Gasteiger partial charge >= 0.3 is 0 Å². The predicted molar refractivity (Wildman–Crippen MR) is 69.5 cm³/mol. The van der Waals surface area contributed by atoms with Crippen LogP contribution in [0.4, 0.5) is 0 Å². The highest BCUT2D eigenvalue weighted by Crippen LogP contribution is 2.23. The Morgan fingerprint density at radius 3 is 2.25 bits per heavy atom. The molecule has 0 aliphatic heterocycles. The average molecular weight is 217 g/mol. The zero-order chi connectivity index (χ0) is 12.3. The van der Waals surface area contributed by atoms with Crippen LogP contribution in [0.2, 0.25) is 0 Å². The molecule has 86 valence electrons. The van der Waals surface area contributed by atoms with Gasteiger partial charge in [-0.3, -0.25) is 4.99 Å². The molecule has 0 aliphatic rings. The molecule has 0 radical (unpaired) electrons. The first-order chi connectivity index (χ1) is 7.45. The summed E-state index contributed by atoms with van der Waals surface area (Å²) >= 11 is 0. The number of benzene rings is 1. The third-order valence-electron chi connectivity index (χ3n) is 2.55. The van der Waals surface area contributed by atoms with Crippen LogP contribution in [-0.4, -0.2) is 17.9 Å². The van der Waals surface area contributed by atoms with Crippen molar-refractivity contribution in [3.63, 3.8) is 0 Å². The van der Waals surface area contributed by atoms with E-state index in [1.165, 1.54) is 5.57 Å². The molecule has 1 rings (SSSR count). The first kappa shape index (κ1) is 12.5. The number of aryl methyl sites for hydroxylation is 2. The van der Waals surface area contributed by atoms with Gasteiger partial charge in [0.1, 0.15) is 5.75 Å². The molecule has 0 spiro atoms. The zero-order valence-electron chi connectivity index (χ0n) is 10.6. The van der Waals surface area contributed by atoms with E-state index >= 15 is 0 Å². The van der Waals surface area contributed by atoms with E-state index in [2.05, 4.69) is 4.99 Å². The summed E-state index contributed by atoms with van der Waals surface area (Å²) in [5.41, 5.74) is 5.04.